The van der Waals surface area contributed by atoms with Gasteiger partial charge in [-0.3, -0.25) is 19.2 Å². The summed E-state index contributed by atoms with van der Waals surface area (Å²) in [5.41, 5.74) is 36.6. The molecule has 0 aliphatic rings. The number of azide groups is 4. The van der Waals surface area contributed by atoms with Gasteiger partial charge in [0.05, 0.1) is 17.7 Å². The van der Waals surface area contributed by atoms with E-state index in [-0.39, 0.29) is 51.8 Å². The van der Waals surface area contributed by atoms with E-state index >= 15 is 0 Å². The lowest BCUT2D eigenvalue weighted by Gasteiger charge is -2.24. The van der Waals surface area contributed by atoms with Crippen molar-refractivity contribution in [3.8, 4) is 331 Å². The van der Waals surface area contributed by atoms with Crippen molar-refractivity contribution < 1.29 is 33.4 Å². The molecule has 740 valence electrons. The number of amides is 2. The highest BCUT2D eigenvalue weighted by Crippen LogP contribution is 2.30. The second-order valence-electron chi connectivity index (χ2n) is 35.3. The lowest BCUT2D eigenvalue weighted by Crippen LogP contribution is -2.42. The Morgan fingerprint density at radius 3 is 0.832 bits per heavy atom. The Hall–Kier alpha value is -20.0. The molecular weight excluding hydrogens is 1850 g/mol. The molecule has 23 heteroatoms. The van der Waals surface area contributed by atoms with Crippen molar-refractivity contribution in [2.75, 3.05) is 53.6 Å². The highest BCUT2D eigenvalue weighted by Gasteiger charge is 2.24. The molecule has 0 atom stereocenters. The highest BCUT2D eigenvalue weighted by atomic mass is 16.5. The van der Waals surface area contributed by atoms with Crippen molar-refractivity contribution in [2.45, 2.75) is 223 Å². The number of nitrogens with zero attached hydrogens (tertiary/aromatic N) is 12. The van der Waals surface area contributed by atoms with Gasteiger partial charge in [0.1, 0.15) is 24.7 Å². The summed E-state index contributed by atoms with van der Waals surface area (Å²) in [6, 6.07) is 29.0. The second kappa shape index (κ2) is 77.7. The Labute approximate surface area is 884 Å². The van der Waals surface area contributed by atoms with Crippen LogP contribution in [0.2, 0.25) is 0 Å². The quantitative estimate of drug-likeness (QED) is 0.00848. The standard InChI is InChI=1S/C56H6.C19H31N5O3.C18H27N3O.C17H25N3O.C16H25N5O2/c1-3-5-7-9-11-13-15-17-19-21-23-25-27-29-31-33-35-37-39-41-43-45-47-49-51-53-55-56-54-52-50-48-46-44-42-40-38-36-34-32-30-28-26-24-22-20-18-16-14-12-10-8-6-4-2;1-18(2,23-24-20)10-12-26-13-11-22-17(25)15-6-8-16(9-7-15)27-14-19(3,4)21-5;1-6-17(2,3)12-11-16(22)15-9-7-14(8-10-15)13-18(4,5)20-21-19;1-6-16(2,3)12-11-15(21)13-7-9-14(10-8-13)17(4,5)19-20-18;1-15(2,20-21-17)10-19-14(22)12-6-8-13(9-7-12)23-11-16(3,4)18-5/h1-2H3;6-9,21H,10-14H2,1-5H3,(H,22,25);7-10H,6,11-13H2,1-5H3;7-10H,6,11-12H2,1-5H3;6-9,18H,10-11H2,1-5H3,(H,19,22). The van der Waals surface area contributed by atoms with Crippen LogP contribution < -0.4 is 30.7 Å². The fourth-order valence-corrected chi connectivity index (χ4v) is 9.50. The van der Waals surface area contributed by atoms with Crippen molar-refractivity contribution in [2.24, 2.45) is 31.3 Å². The van der Waals surface area contributed by atoms with Crippen molar-refractivity contribution >= 4 is 23.4 Å². The molecule has 23 nitrogen and oxygen atoms in total. The summed E-state index contributed by atoms with van der Waals surface area (Å²) in [7, 11) is 3.77. The maximum Gasteiger partial charge on any atom is 0.251 e. The van der Waals surface area contributed by atoms with Crippen LogP contribution in [0.4, 0.5) is 0 Å². The topological polar surface area (TPSA) is 339 Å². The van der Waals surface area contributed by atoms with Gasteiger partial charge in [0.25, 0.3) is 11.8 Å². The van der Waals surface area contributed by atoms with E-state index in [1.54, 1.807) is 76.2 Å². The van der Waals surface area contributed by atoms with E-state index in [4.69, 9.17) is 36.3 Å². The minimum atomic E-state index is -0.661. The van der Waals surface area contributed by atoms with Crippen LogP contribution in [0.25, 0.3) is 41.8 Å². The molecule has 0 saturated heterocycles. The lowest BCUT2D eigenvalue weighted by atomic mass is 9.83. The SMILES string of the molecule is CC#CC#CC#CC#CC#CC#CC#CC#CC#CC#CC#CC#CC#CC#CC#CC#CC#CC#CC#CC#CC#CC#CC#CC#CC#CC#CC#CC.CCC(C)(C)CCC(=O)c1ccc(C(C)(C)N=[N+]=[N-])cc1.CCC(C)(C)CCC(=O)c1ccc(CC(C)(C)N=[N+]=[N-])cc1.CNC(C)(C)COc1ccc(C(=O)NCC(C)(C)N=[N+]=[N-])cc1.CNC(C)(C)COc1ccc(C(=O)NCCOCCC(C)(C)N=[N+]=[N-])cc1. The van der Waals surface area contributed by atoms with Gasteiger partial charge in [0.15, 0.2) is 11.6 Å². The van der Waals surface area contributed by atoms with Crippen LogP contribution in [0, 0.1) is 331 Å². The minimum absolute atomic E-state index is 0.119. The number of benzene rings is 4. The normalized spacial score (nSPS) is 8.79. The molecule has 4 rings (SSSR count). The molecule has 4 N–H and O–H groups in total. The van der Waals surface area contributed by atoms with Crippen LogP contribution >= 0.6 is 0 Å². The van der Waals surface area contributed by atoms with Crippen molar-refractivity contribution in [3.05, 3.63) is 172 Å². The van der Waals surface area contributed by atoms with Crippen molar-refractivity contribution in [1.82, 2.24) is 21.3 Å². The summed E-state index contributed by atoms with van der Waals surface area (Å²) >= 11 is 0. The first-order valence-corrected chi connectivity index (χ1v) is 46.0. The van der Waals surface area contributed by atoms with E-state index in [9.17, 15) is 19.2 Å². The molecular formula is C126H114N16O7. The second-order valence-corrected chi connectivity index (χ2v) is 35.3. The van der Waals surface area contributed by atoms with Crippen LogP contribution in [-0.2, 0) is 16.7 Å². The van der Waals surface area contributed by atoms with Crippen molar-refractivity contribution in [1.29, 1.82) is 0 Å². The Morgan fingerprint density at radius 1 is 0.309 bits per heavy atom. The summed E-state index contributed by atoms with van der Waals surface area (Å²) in [5.74, 6) is 137. The predicted octanol–water partition coefficient (Wildman–Crippen LogP) is 18.6. The van der Waals surface area contributed by atoms with E-state index in [0.717, 1.165) is 53.7 Å². The van der Waals surface area contributed by atoms with Gasteiger partial charge in [-0.15, -0.1) is 0 Å². The minimum Gasteiger partial charge on any atom is -0.492 e. The maximum absolute atomic E-state index is 12.2. The molecule has 0 spiro atoms. The number of likely N-dealkylation sites (N-methyl/N-ethyl adjacent to an activating group) is 2. The predicted molar refractivity (Wildman–Crippen MR) is 595 cm³/mol. The molecule has 0 aliphatic heterocycles. The first kappa shape index (κ1) is 129. The monoisotopic (exact) mass is 1960 g/mol. The third-order valence-corrected chi connectivity index (χ3v) is 19.3. The molecule has 0 unspecified atom stereocenters. The third kappa shape index (κ3) is 72.0. The van der Waals surface area contributed by atoms with Crippen LogP contribution in [0.5, 0.6) is 11.5 Å². The zero-order chi connectivity index (χ0) is 111. The van der Waals surface area contributed by atoms with Crippen LogP contribution in [0.3, 0.4) is 0 Å². The van der Waals surface area contributed by atoms with Gasteiger partial charge in [0.2, 0.25) is 0 Å². The van der Waals surface area contributed by atoms with E-state index in [2.05, 4.69) is 436 Å². The van der Waals surface area contributed by atoms with Crippen LogP contribution in [-0.4, -0.2) is 105 Å². The highest BCUT2D eigenvalue weighted by molar-refractivity contribution is 5.97. The zero-order valence-corrected chi connectivity index (χ0v) is 88.4. The summed E-state index contributed by atoms with van der Waals surface area (Å²) in [6.07, 6.45) is 6.39. The fourth-order valence-electron chi connectivity index (χ4n) is 9.50. The first-order valence-electron chi connectivity index (χ1n) is 46.0. The summed E-state index contributed by atoms with van der Waals surface area (Å²) in [5, 5.41) is 26.8. The largest absolute Gasteiger partial charge is 0.492 e. The molecule has 0 radical (unpaired) electrons. The third-order valence-electron chi connectivity index (χ3n) is 19.3. The number of nitrogens with one attached hydrogen (secondary N) is 4. The summed E-state index contributed by atoms with van der Waals surface area (Å²) < 4.78 is 16.9. The molecule has 0 saturated carbocycles. The average molecular weight is 1960 g/mol. The van der Waals surface area contributed by atoms with E-state index in [1.807, 2.05) is 118 Å². The van der Waals surface area contributed by atoms with Gasteiger partial charge in [-0.2, -0.15) is 0 Å². The van der Waals surface area contributed by atoms with Gasteiger partial charge < -0.3 is 35.5 Å². The summed E-state index contributed by atoms with van der Waals surface area (Å²) in [6.45, 7) is 42.0. The number of carbonyl (C=O) groups is 4. The van der Waals surface area contributed by atoms with Gasteiger partial charge in [-0.25, -0.2) is 0 Å². The first-order chi connectivity index (χ1) is 71.2. The van der Waals surface area contributed by atoms with Crippen LogP contribution in [0.15, 0.2) is 118 Å². The number of rotatable bonds is 35. The Balaban J connectivity index is 0.00000197. The summed E-state index contributed by atoms with van der Waals surface area (Å²) in [4.78, 5) is 60.0. The Bertz CT molecular complexity index is 7300. The molecule has 4 aromatic carbocycles. The zero-order valence-electron chi connectivity index (χ0n) is 88.4. The molecule has 2 amide bonds. The molecule has 0 heterocycles. The molecule has 0 aliphatic carbocycles. The van der Waals surface area contributed by atoms with Gasteiger partial charge in [-0.05, 0) is 269 Å². The average Bonchev–Trinajstić information content (AvgIpc) is 0.838. The number of Topliss-reactive ketones (excluding diaryl/α,β-unsaturated/α-hetero) is 2. The van der Waals surface area contributed by atoms with Gasteiger partial charge in [0, 0.05) is 310 Å². The van der Waals surface area contributed by atoms with Gasteiger partial charge in [-0.1, -0.05) is 191 Å². The smallest absolute Gasteiger partial charge is 0.251 e. The molecule has 4 aromatic rings. The molecule has 149 heavy (non-hydrogen) atoms. The number of hydrogen-bond acceptors (Lipinski definition) is 13. The van der Waals surface area contributed by atoms with E-state index in [0.29, 0.717) is 75.5 Å². The maximum atomic E-state index is 12.2. The fraction of sp³-hybridized carbons (Fsp3) is 0.349. The van der Waals surface area contributed by atoms with Crippen molar-refractivity contribution in [3.63, 3.8) is 0 Å². The number of carbonyl (C=O) groups excluding carboxylic acids is 4. The Kier molecular flexibility index (Phi) is 67.3. The number of ketones is 2. The van der Waals surface area contributed by atoms with Gasteiger partial charge >= 0.3 is 0 Å². The Morgan fingerprint density at radius 2 is 0.564 bits per heavy atom. The van der Waals surface area contributed by atoms with E-state index in [1.165, 1.54) is 0 Å². The molecule has 0 bridgehead atoms. The van der Waals surface area contributed by atoms with Crippen LogP contribution in [0.1, 0.15) is 236 Å². The lowest BCUT2D eigenvalue weighted by molar-refractivity contribution is 0.0899. The number of hydrogen-bond donors (Lipinski definition) is 4. The molecule has 0 fully saturated rings. The van der Waals surface area contributed by atoms with E-state index < -0.39 is 22.2 Å². The molecule has 0 aromatic heterocycles. The number of ether oxygens (including phenoxy) is 3.